The van der Waals surface area contributed by atoms with Gasteiger partial charge >= 0.3 is 0 Å². The number of hydrogen-bond donors (Lipinski definition) is 2. The Labute approximate surface area is 191 Å². The number of guanidine groups is 1. The van der Waals surface area contributed by atoms with E-state index in [1.807, 2.05) is 59.0 Å². The van der Waals surface area contributed by atoms with Gasteiger partial charge in [0.25, 0.3) is 0 Å². The summed E-state index contributed by atoms with van der Waals surface area (Å²) in [6, 6.07) is 8.04. The van der Waals surface area contributed by atoms with Crippen LogP contribution in [0.5, 0.6) is 11.5 Å². The predicted molar refractivity (Wildman–Crippen MR) is 130 cm³/mol. The first kappa shape index (κ1) is 25.0. The smallest absolute Gasteiger partial charge is 0.191 e. The molecule has 0 fully saturated rings. The lowest BCUT2D eigenvalue weighted by Crippen LogP contribution is -2.37. The summed E-state index contributed by atoms with van der Waals surface area (Å²) in [6.07, 6.45) is 1.83. The minimum absolute atomic E-state index is 0. The zero-order valence-corrected chi connectivity index (χ0v) is 20.8. The van der Waals surface area contributed by atoms with Gasteiger partial charge in [-0.1, -0.05) is 18.2 Å². The summed E-state index contributed by atoms with van der Waals surface area (Å²) in [5, 5.41) is 6.66. The molecule has 1 heterocycles. The standard InChI is InChI=1S/C22H32N4O2.HI/c1-15-12-24-18(16(2)20(15)27-7)14-26-21(23-6)25-13-17-10-8-9-11-19(17)28-22(3,4)5;/h8-12H,13-14H2,1-7H3,(H2,23,25,26);1H. The molecular weight excluding hydrogens is 479 g/mol. The molecule has 29 heavy (non-hydrogen) atoms. The van der Waals surface area contributed by atoms with Gasteiger partial charge in [-0.25, -0.2) is 0 Å². The van der Waals surface area contributed by atoms with E-state index in [0.29, 0.717) is 19.0 Å². The van der Waals surface area contributed by atoms with Crippen LogP contribution in [0.3, 0.4) is 0 Å². The lowest BCUT2D eigenvalue weighted by Gasteiger charge is -2.23. The quantitative estimate of drug-likeness (QED) is 0.342. The van der Waals surface area contributed by atoms with Crippen molar-refractivity contribution < 1.29 is 9.47 Å². The van der Waals surface area contributed by atoms with E-state index < -0.39 is 0 Å². The number of hydrogen-bond acceptors (Lipinski definition) is 4. The highest BCUT2D eigenvalue weighted by Gasteiger charge is 2.15. The SMILES string of the molecule is CN=C(NCc1ccccc1OC(C)(C)C)NCc1ncc(C)c(OC)c1C.I. The molecule has 0 spiro atoms. The maximum Gasteiger partial charge on any atom is 0.191 e. The largest absolute Gasteiger partial charge is 0.496 e. The Kier molecular flexibility index (Phi) is 9.68. The van der Waals surface area contributed by atoms with E-state index in [1.54, 1.807) is 14.2 Å². The molecule has 2 N–H and O–H groups in total. The highest BCUT2D eigenvalue weighted by atomic mass is 127. The first-order chi connectivity index (χ1) is 13.2. The lowest BCUT2D eigenvalue weighted by atomic mass is 10.1. The number of nitrogens with one attached hydrogen (secondary N) is 2. The summed E-state index contributed by atoms with van der Waals surface area (Å²) < 4.78 is 11.5. The molecule has 1 aromatic heterocycles. The van der Waals surface area contributed by atoms with Crippen molar-refractivity contribution in [2.75, 3.05) is 14.2 Å². The summed E-state index contributed by atoms with van der Waals surface area (Å²) >= 11 is 0. The monoisotopic (exact) mass is 512 g/mol. The number of pyridine rings is 1. The first-order valence-electron chi connectivity index (χ1n) is 9.45. The molecule has 0 saturated carbocycles. The van der Waals surface area contributed by atoms with E-state index in [9.17, 15) is 0 Å². The predicted octanol–water partition coefficient (Wildman–Crippen LogP) is 4.37. The molecule has 0 saturated heterocycles. The van der Waals surface area contributed by atoms with E-state index in [2.05, 4.69) is 26.7 Å². The molecule has 0 aliphatic heterocycles. The van der Waals surface area contributed by atoms with Crippen molar-refractivity contribution in [2.24, 2.45) is 4.99 Å². The van der Waals surface area contributed by atoms with Gasteiger partial charge in [-0.2, -0.15) is 0 Å². The van der Waals surface area contributed by atoms with Crippen LogP contribution in [0.4, 0.5) is 0 Å². The number of rotatable bonds is 6. The molecule has 0 amide bonds. The molecule has 7 heteroatoms. The minimum Gasteiger partial charge on any atom is -0.496 e. The van der Waals surface area contributed by atoms with Gasteiger partial charge in [0.2, 0.25) is 0 Å². The van der Waals surface area contributed by atoms with Crippen LogP contribution in [0.25, 0.3) is 0 Å². The van der Waals surface area contributed by atoms with Gasteiger partial charge in [0.15, 0.2) is 5.96 Å². The number of halogens is 1. The van der Waals surface area contributed by atoms with Crippen molar-refractivity contribution in [3.63, 3.8) is 0 Å². The summed E-state index contributed by atoms with van der Waals surface area (Å²) in [4.78, 5) is 8.83. The number of nitrogens with zero attached hydrogens (tertiary/aromatic N) is 2. The first-order valence-corrected chi connectivity index (χ1v) is 9.45. The minimum atomic E-state index is -0.246. The molecule has 1 aromatic carbocycles. The number of aliphatic imine (C=N–C) groups is 1. The zero-order chi connectivity index (χ0) is 20.7. The van der Waals surface area contributed by atoms with Gasteiger partial charge in [0.05, 0.1) is 19.3 Å². The summed E-state index contributed by atoms with van der Waals surface area (Å²) in [6.45, 7) is 11.3. The molecule has 2 aromatic rings. The van der Waals surface area contributed by atoms with Crippen molar-refractivity contribution in [1.82, 2.24) is 15.6 Å². The van der Waals surface area contributed by atoms with Crippen LogP contribution in [-0.4, -0.2) is 30.7 Å². The second-order valence-electron chi connectivity index (χ2n) is 7.65. The number of aryl methyl sites for hydroxylation is 1. The van der Waals surface area contributed by atoms with Crippen molar-refractivity contribution >= 4 is 29.9 Å². The third-order valence-corrected chi connectivity index (χ3v) is 4.23. The van der Waals surface area contributed by atoms with Crippen molar-refractivity contribution in [1.29, 1.82) is 0 Å². The Morgan fingerprint density at radius 1 is 1.10 bits per heavy atom. The average Bonchev–Trinajstić information content (AvgIpc) is 2.63. The average molecular weight is 512 g/mol. The molecule has 0 atom stereocenters. The Morgan fingerprint density at radius 3 is 2.38 bits per heavy atom. The van der Waals surface area contributed by atoms with Crippen molar-refractivity contribution in [2.45, 2.75) is 53.3 Å². The maximum absolute atomic E-state index is 6.06. The lowest BCUT2D eigenvalue weighted by molar-refractivity contribution is 0.129. The topological polar surface area (TPSA) is 67.8 Å². The zero-order valence-electron chi connectivity index (χ0n) is 18.4. The molecule has 2 rings (SSSR count). The fraction of sp³-hybridized carbons (Fsp3) is 0.455. The molecule has 0 bridgehead atoms. The highest BCUT2D eigenvalue weighted by molar-refractivity contribution is 14.0. The number of para-hydroxylation sites is 1. The molecular formula is C22H33IN4O2. The normalized spacial score (nSPS) is 11.5. The van der Waals surface area contributed by atoms with Gasteiger partial charge < -0.3 is 20.1 Å². The molecule has 160 valence electrons. The molecule has 6 nitrogen and oxygen atoms in total. The number of aromatic nitrogens is 1. The summed E-state index contributed by atoms with van der Waals surface area (Å²) in [5.41, 5.74) is 3.83. The van der Waals surface area contributed by atoms with Crippen molar-refractivity contribution in [3.05, 3.63) is 52.8 Å². The Balaban J connectivity index is 0.00000420. The van der Waals surface area contributed by atoms with E-state index in [0.717, 1.165) is 33.9 Å². The molecule has 0 unspecified atom stereocenters. The van der Waals surface area contributed by atoms with Crippen molar-refractivity contribution in [3.8, 4) is 11.5 Å². The van der Waals surface area contributed by atoms with Crippen LogP contribution >= 0.6 is 24.0 Å². The van der Waals surface area contributed by atoms with Crippen LogP contribution < -0.4 is 20.1 Å². The van der Waals surface area contributed by atoms with Crippen LogP contribution in [0.15, 0.2) is 35.5 Å². The van der Waals surface area contributed by atoms with E-state index in [-0.39, 0.29) is 29.6 Å². The Hall–Kier alpha value is -2.03. The van der Waals surface area contributed by atoms with Crippen LogP contribution in [0, 0.1) is 13.8 Å². The highest BCUT2D eigenvalue weighted by Crippen LogP contribution is 2.24. The van der Waals surface area contributed by atoms with E-state index >= 15 is 0 Å². The fourth-order valence-corrected chi connectivity index (χ4v) is 2.90. The number of ether oxygens (including phenoxy) is 2. The second-order valence-corrected chi connectivity index (χ2v) is 7.65. The maximum atomic E-state index is 6.06. The molecule has 0 aliphatic carbocycles. The third-order valence-electron chi connectivity index (χ3n) is 4.23. The fourth-order valence-electron chi connectivity index (χ4n) is 2.90. The van der Waals surface area contributed by atoms with Gasteiger partial charge in [0, 0.05) is 36.5 Å². The van der Waals surface area contributed by atoms with Crippen LogP contribution in [0.2, 0.25) is 0 Å². The summed E-state index contributed by atoms with van der Waals surface area (Å²) in [5.74, 6) is 2.45. The number of benzene rings is 1. The van der Waals surface area contributed by atoms with Gasteiger partial charge in [0.1, 0.15) is 17.1 Å². The molecule has 0 aliphatic rings. The second kappa shape index (κ2) is 11.2. The summed E-state index contributed by atoms with van der Waals surface area (Å²) in [7, 11) is 3.44. The van der Waals surface area contributed by atoms with Gasteiger partial charge in [-0.05, 0) is 40.7 Å². The van der Waals surface area contributed by atoms with Gasteiger partial charge in [-0.3, -0.25) is 9.98 Å². The van der Waals surface area contributed by atoms with E-state index in [1.165, 1.54) is 0 Å². The Morgan fingerprint density at radius 2 is 1.76 bits per heavy atom. The van der Waals surface area contributed by atoms with Crippen LogP contribution in [0.1, 0.15) is 43.2 Å². The third kappa shape index (κ3) is 7.38. The van der Waals surface area contributed by atoms with E-state index in [4.69, 9.17) is 9.47 Å². The molecule has 0 radical (unpaired) electrons. The Bertz CT molecular complexity index is 832. The number of methoxy groups -OCH3 is 1. The van der Waals surface area contributed by atoms with Gasteiger partial charge in [-0.15, -0.1) is 24.0 Å². The van der Waals surface area contributed by atoms with Crippen LogP contribution in [-0.2, 0) is 13.1 Å².